The third-order valence-electron chi connectivity index (χ3n) is 7.42. The maximum atomic E-state index is 13.2. The minimum absolute atomic E-state index is 0.173. The SMILES string of the molecule is CC.CC.CC(C)(C)OC(=O)N1Cc2ccccc2C1.CCN(C(=O)C(C)NC(=O)c1cccc(C(F)(F)F)c1)c1c(C)cnn1-c1ccccc1. The Labute approximate surface area is 305 Å². The van der Waals surface area contributed by atoms with E-state index in [4.69, 9.17) is 4.74 Å². The number of nitrogens with one attached hydrogen (secondary N) is 1. The topological polar surface area (TPSA) is 96.8 Å². The second-order valence-electron chi connectivity index (χ2n) is 12.4. The molecule has 4 aromatic rings. The van der Waals surface area contributed by atoms with Gasteiger partial charge in [0.05, 0.1) is 17.4 Å². The summed E-state index contributed by atoms with van der Waals surface area (Å²) in [6, 6.07) is 20.5. The van der Waals surface area contributed by atoms with Gasteiger partial charge in [0.25, 0.3) is 5.91 Å². The van der Waals surface area contributed by atoms with E-state index in [0.29, 0.717) is 25.5 Å². The van der Waals surface area contributed by atoms with Gasteiger partial charge in [0.2, 0.25) is 5.91 Å². The number of fused-ring (bicyclic) bond motifs is 1. The molecule has 52 heavy (non-hydrogen) atoms. The normalized spacial score (nSPS) is 12.4. The molecule has 9 nitrogen and oxygen atoms in total. The molecule has 1 aliphatic rings. The molecule has 1 aromatic heterocycles. The van der Waals surface area contributed by atoms with E-state index in [9.17, 15) is 27.6 Å². The number of alkyl halides is 3. The van der Waals surface area contributed by atoms with Crippen molar-refractivity contribution in [2.24, 2.45) is 0 Å². The lowest BCUT2D eigenvalue weighted by molar-refractivity contribution is -0.137. The highest BCUT2D eigenvalue weighted by Crippen LogP contribution is 2.30. The molecule has 0 bridgehead atoms. The van der Waals surface area contributed by atoms with E-state index in [1.165, 1.54) is 29.0 Å². The molecule has 2 heterocycles. The van der Waals surface area contributed by atoms with Crippen molar-refractivity contribution < 1.29 is 32.3 Å². The van der Waals surface area contributed by atoms with E-state index in [0.717, 1.165) is 29.4 Å². The van der Waals surface area contributed by atoms with Crippen molar-refractivity contribution in [3.63, 3.8) is 0 Å². The van der Waals surface area contributed by atoms with Gasteiger partial charge < -0.3 is 10.1 Å². The maximum absolute atomic E-state index is 13.2. The highest BCUT2D eigenvalue weighted by Gasteiger charge is 2.32. The third-order valence-corrected chi connectivity index (χ3v) is 7.42. The van der Waals surface area contributed by atoms with Crippen molar-refractivity contribution in [1.29, 1.82) is 0 Å². The van der Waals surface area contributed by atoms with Crippen LogP contribution in [0.5, 0.6) is 0 Å². The molecule has 1 N–H and O–H groups in total. The fourth-order valence-corrected chi connectivity index (χ4v) is 5.12. The monoisotopic (exact) mass is 723 g/mol. The van der Waals surface area contributed by atoms with Gasteiger partial charge in [0.1, 0.15) is 17.5 Å². The van der Waals surface area contributed by atoms with Crippen molar-refractivity contribution >= 4 is 23.7 Å². The summed E-state index contributed by atoms with van der Waals surface area (Å²) >= 11 is 0. The number of halogens is 3. The van der Waals surface area contributed by atoms with Crippen LogP contribution in [0.15, 0.2) is 85.1 Å². The molecule has 0 saturated carbocycles. The smallest absolute Gasteiger partial charge is 0.416 e. The van der Waals surface area contributed by atoms with Gasteiger partial charge in [-0.15, -0.1) is 0 Å². The predicted octanol–water partition coefficient (Wildman–Crippen LogP) is 9.36. The van der Waals surface area contributed by atoms with Gasteiger partial charge in [-0.1, -0.05) is 76.2 Å². The van der Waals surface area contributed by atoms with Crippen LogP contribution in [0.3, 0.4) is 0 Å². The predicted molar refractivity (Wildman–Crippen MR) is 199 cm³/mol. The minimum atomic E-state index is -4.57. The summed E-state index contributed by atoms with van der Waals surface area (Å²) < 4.78 is 45.8. The van der Waals surface area contributed by atoms with Gasteiger partial charge in [0.15, 0.2) is 0 Å². The lowest BCUT2D eigenvalue weighted by atomic mass is 10.1. The average molecular weight is 724 g/mol. The van der Waals surface area contributed by atoms with Gasteiger partial charge in [-0.05, 0) is 83.0 Å². The molecular weight excluding hydrogens is 671 g/mol. The summed E-state index contributed by atoms with van der Waals surface area (Å²) in [5, 5.41) is 6.87. The van der Waals surface area contributed by atoms with E-state index in [-0.39, 0.29) is 11.7 Å². The molecule has 5 rings (SSSR count). The average Bonchev–Trinajstić information content (AvgIpc) is 3.74. The van der Waals surface area contributed by atoms with Crippen molar-refractivity contribution in [3.05, 3.63) is 113 Å². The second kappa shape index (κ2) is 19.5. The first kappa shape index (κ1) is 43.0. The van der Waals surface area contributed by atoms with E-state index >= 15 is 0 Å². The van der Waals surface area contributed by atoms with Gasteiger partial charge in [-0.2, -0.15) is 18.3 Å². The van der Waals surface area contributed by atoms with Crippen LogP contribution in [-0.4, -0.2) is 50.8 Å². The number of hydrogen-bond acceptors (Lipinski definition) is 5. The van der Waals surface area contributed by atoms with E-state index in [2.05, 4.69) is 22.5 Å². The van der Waals surface area contributed by atoms with E-state index < -0.39 is 35.2 Å². The Bertz CT molecular complexity index is 1720. The highest BCUT2D eigenvalue weighted by atomic mass is 19.4. The standard InChI is InChI=1S/C23H23F3N4O2.C13H17NO2.2C2H6/c1-4-29(21-15(2)14-27-30(21)19-11-6-5-7-12-19)22(32)16(3)28-20(31)17-9-8-10-18(13-17)23(24,25)26;1-13(2,3)16-12(15)14-8-10-6-4-5-7-11(10)9-14;2*1-2/h5-14,16H,4H2,1-3H3,(H,28,31);4-7H,8-9H2,1-3H3;2*1-2H3. The number of hydrogen-bond donors (Lipinski definition) is 1. The van der Waals surface area contributed by atoms with Crippen molar-refractivity contribution in [2.45, 2.75) is 100 Å². The molecule has 282 valence electrons. The summed E-state index contributed by atoms with van der Waals surface area (Å²) in [6.45, 7) is 20.4. The number of carbonyl (C=O) groups is 3. The number of aryl methyl sites for hydroxylation is 1. The fraction of sp³-hybridized carbons (Fsp3) is 0.400. The molecule has 1 unspecified atom stereocenters. The number of anilines is 1. The molecule has 1 atom stereocenters. The first-order valence-electron chi connectivity index (χ1n) is 17.5. The lowest BCUT2D eigenvalue weighted by Gasteiger charge is -2.26. The number of rotatable bonds is 6. The number of likely N-dealkylation sites (N-methyl/N-ethyl adjacent to an activating group) is 1. The Balaban J connectivity index is 0.000000391. The van der Waals surface area contributed by atoms with Crippen LogP contribution in [-0.2, 0) is 28.8 Å². The molecule has 3 amide bonds. The number of carbonyl (C=O) groups excluding carboxylic acids is 3. The van der Waals surface area contributed by atoms with Crippen LogP contribution >= 0.6 is 0 Å². The van der Waals surface area contributed by atoms with Gasteiger partial charge >= 0.3 is 12.3 Å². The Kier molecular flexibility index (Phi) is 16.1. The maximum Gasteiger partial charge on any atom is 0.416 e. The summed E-state index contributed by atoms with van der Waals surface area (Å²) in [5.74, 6) is -0.612. The number of ether oxygens (including phenoxy) is 1. The number of amides is 3. The Morgan fingerprint density at radius 1 is 0.885 bits per heavy atom. The molecule has 3 aromatic carbocycles. The largest absolute Gasteiger partial charge is 0.444 e. The number of nitrogens with zero attached hydrogens (tertiary/aromatic N) is 4. The van der Waals surface area contributed by atoms with Crippen LogP contribution in [0, 0.1) is 6.92 Å². The van der Waals surface area contributed by atoms with Crippen molar-refractivity contribution in [3.8, 4) is 5.69 Å². The molecule has 0 aliphatic carbocycles. The van der Waals surface area contributed by atoms with Crippen molar-refractivity contribution in [2.75, 3.05) is 11.4 Å². The molecule has 0 fully saturated rings. The zero-order valence-electron chi connectivity index (χ0n) is 31.8. The quantitative estimate of drug-likeness (QED) is 0.214. The third kappa shape index (κ3) is 11.7. The number of para-hydroxylation sites is 1. The van der Waals surface area contributed by atoms with Crippen LogP contribution in [0.25, 0.3) is 5.69 Å². The van der Waals surface area contributed by atoms with E-state index in [1.807, 2.05) is 97.9 Å². The second-order valence-corrected chi connectivity index (χ2v) is 12.4. The van der Waals surface area contributed by atoms with Crippen LogP contribution in [0.4, 0.5) is 23.8 Å². The highest BCUT2D eigenvalue weighted by molar-refractivity contribution is 6.02. The first-order valence-corrected chi connectivity index (χ1v) is 17.5. The Morgan fingerprint density at radius 2 is 1.44 bits per heavy atom. The summed E-state index contributed by atoms with van der Waals surface area (Å²) in [6.07, 6.45) is -3.16. The number of benzene rings is 3. The van der Waals surface area contributed by atoms with Crippen molar-refractivity contribution in [1.82, 2.24) is 20.0 Å². The van der Waals surface area contributed by atoms with Gasteiger partial charge in [-0.25, -0.2) is 9.48 Å². The summed E-state index contributed by atoms with van der Waals surface area (Å²) in [7, 11) is 0. The fourth-order valence-electron chi connectivity index (χ4n) is 5.12. The van der Waals surface area contributed by atoms with Gasteiger partial charge in [-0.3, -0.25) is 19.4 Å². The molecule has 12 heteroatoms. The lowest BCUT2D eigenvalue weighted by Crippen LogP contribution is -2.47. The van der Waals surface area contributed by atoms with Gasteiger partial charge in [0, 0.05) is 30.8 Å². The van der Waals surface area contributed by atoms with E-state index in [1.54, 1.807) is 22.7 Å². The molecule has 0 spiro atoms. The zero-order valence-corrected chi connectivity index (χ0v) is 31.8. The minimum Gasteiger partial charge on any atom is -0.444 e. The zero-order chi connectivity index (χ0) is 39.2. The summed E-state index contributed by atoms with van der Waals surface area (Å²) in [5.41, 5.74) is 2.44. The summed E-state index contributed by atoms with van der Waals surface area (Å²) in [4.78, 5) is 40.8. The molecular formula is C40H52F3N5O4. The number of aromatic nitrogens is 2. The molecule has 0 saturated heterocycles. The first-order chi connectivity index (χ1) is 24.6. The molecule has 0 radical (unpaired) electrons. The Hall–Kier alpha value is -5.13. The van der Waals surface area contributed by atoms with Crippen LogP contribution in [0.2, 0.25) is 0 Å². The van der Waals surface area contributed by atoms with Crippen LogP contribution in [0.1, 0.15) is 94.9 Å². The Morgan fingerprint density at radius 3 is 1.96 bits per heavy atom. The molecule has 1 aliphatic heterocycles. The van der Waals surface area contributed by atoms with Crippen LogP contribution < -0.4 is 10.2 Å².